The number of hydrogen-bond donors (Lipinski definition) is 4. The molecular formula is C10H13ClN2O3. The number of hydrogen-bond acceptors (Lipinski definition) is 4. The second-order valence-corrected chi connectivity index (χ2v) is 3.63. The summed E-state index contributed by atoms with van der Waals surface area (Å²) in [6.45, 7) is -0.453. The summed E-state index contributed by atoms with van der Waals surface area (Å²) in [4.78, 5) is 11.6. The second kappa shape index (κ2) is 5.69. The van der Waals surface area contributed by atoms with Gasteiger partial charge in [-0.3, -0.25) is 4.79 Å². The van der Waals surface area contributed by atoms with Crippen LogP contribution in [0.2, 0.25) is 5.02 Å². The maximum Gasteiger partial charge on any atom is 0.252 e. The number of aliphatic hydroxyl groups is 2. The Hall–Kier alpha value is -1.30. The summed E-state index contributed by atoms with van der Waals surface area (Å²) < 4.78 is 0. The fraction of sp³-hybridized carbons (Fsp3) is 0.300. The van der Waals surface area contributed by atoms with Crippen LogP contribution >= 0.6 is 11.6 Å². The van der Waals surface area contributed by atoms with Gasteiger partial charge in [0.2, 0.25) is 0 Å². The van der Waals surface area contributed by atoms with Crippen molar-refractivity contribution in [3.8, 4) is 0 Å². The molecule has 0 saturated carbocycles. The minimum absolute atomic E-state index is 0.0412. The van der Waals surface area contributed by atoms with Gasteiger partial charge in [0.1, 0.15) is 0 Å². The van der Waals surface area contributed by atoms with Gasteiger partial charge in [-0.1, -0.05) is 17.7 Å². The van der Waals surface area contributed by atoms with Crippen molar-refractivity contribution in [3.63, 3.8) is 0 Å². The minimum atomic E-state index is -0.983. The van der Waals surface area contributed by atoms with Crippen LogP contribution in [0.4, 0.5) is 5.69 Å². The Morgan fingerprint density at radius 3 is 2.88 bits per heavy atom. The van der Waals surface area contributed by atoms with E-state index in [9.17, 15) is 4.79 Å². The first-order chi connectivity index (χ1) is 7.56. The van der Waals surface area contributed by atoms with Gasteiger partial charge >= 0.3 is 0 Å². The molecule has 0 radical (unpaired) electrons. The molecule has 1 atom stereocenters. The van der Waals surface area contributed by atoms with Crippen LogP contribution in [0.25, 0.3) is 0 Å². The smallest absolute Gasteiger partial charge is 0.252 e. The van der Waals surface area contributed by atoms with Crippen LogP contribution in [-0.4, -0.2) is 35.4 Å². The standard InChI is InChI=1S/C10H13ClN2O3/c11-9-7(2-1-3-8(9)12)10(16)13-4-6(15)5-14/h1-3,6,14-15H,4-5,12H2,(H,13,16). The lowest BCUT2D eigenvalue weighted by Crippen LogP contribution is -2.34. The molecule has 0 saturated heterocycles. The topological polar surface area (TPSA) is 95.6 Å². The van der Waals surface area contributed by atoms with Gasteiger partial charge in [0.15, 0.2) is 0 Å². The Morgan fingerprint density at radius 1 is 1.56 bits per heavy atom. The largest absolute Gasteiger partial charge is 0.398 e. The van der Waals surface area contributed by atoms with E-state index in [-0.39, 0.29) is 17.1 Å². The maximum atomic E-state index is 11.6. The lowest BCUT2D eigenvalue weighted by Gasteiger charge is -2.10. The second-order valence-electron chi connectivity index (χ2n) is 3.26. The third kappa shape index (κ3) is 3.10. The highest BCUT2D eigenvalue weighted by atomic mass is 35.5. The molecule has 5 nitrogen and oxygen atoms in total. The Labute approximate surface area is 97.8 Å². The van der Waals surface area contributed by atoms with E-state index >= 15 is 0 Å². The fourth-order valence-corrected chi connectivity index (χ4v) is 1.31. The molecule has 0 aliphatic heterocycles. The number of amides is 1. The Bertz CT molecular complexity index is 384. The van der Waals surface area contributed by atoms with Gasteiger partial charge in [0.25, 0.3) is 5.91 Å². The maximum absolute atomic E-state index is 11.6. The Morgan fingerprint density at radius 2 is 2.25 bits per heavy atom. The molecule has 0 heterocycles. The summed E-state index contributed by atoms with van der Waals surface area (Å²) in [5.74, 6) is -0.440. The van der Waals surface area contributed by atoms with Crippen LogP contribution < -0.4 is 11.1 Å². The lowest BCUT2D eigenvalue weighted by molar-refractivity contribution is 0.0802. The van der Waals surface area contributed by atoms with Gasteiger partial charge in [-0.15, -0.1) is 0 Å². The fourth-order valence-electron chi connectivity index (χ4n) is 1.10. The molecule has 0 bridgehead atoms. The average Bonchev–Trinajstić information content (AvgIpc) is 2.29. The summed E-state index contributed by atoms with van der Waals surface area (Å²) in [6, 6.07) is 4.72. The normalized spacial score (nSPS) is 12.2. The van der Waals surface area contributed by atoms with Gasteiger partial charge in [-0.25, -0.2) is 0 Å². The predicted octanol–water partition coefficient (Wildman–Crippen LogP) is 0.00520. The van der Waals surface area contributed by atoms with Crippen molar-refractivity contribution in [2.75, 3.05) is 18.9 Å². The lowest BCUT2D eigenvalue weighted by atomic mass is 10.2. The van der Waals surface area contributed by atoms with Crippen molar-refractivity contribution in [1.82, 2.24) is 5.32 Å². The number of anilines is 1. The van der Waals surface area contributed by atoms with Crippen molar-refractivity contribution in [3.05, 3.63) is 28.8 Å². The Balaban J connectivity index is 2.70. The van der Waals surface area contributed by atoms with Gasteiger partial charge in [-0.2, -0.15) is 0 Å². The molecule has 1 rings (SSSR count). The molecule has 1 aromatic rings. The molecule has 0 aromatic heterocycles. The summed E-state index contributed by atoms with van der Waals surface area (Å²) in [5.41, 5.74) is 6.10. The summed E-state index contributed by atoms with van der Waals surface area (Å²) in [6.07, 6.45) is -0.983. The number of aliphatic hydroxyl groups excluding tert-OH is 2. The average molecular weight is 245 g/mol. The molecule has 88 valence electrons. The monoisotopic (exact) mass is 244 g/mol. The summed E-state index contributed by atoms with van der Waals surface area (Å²) in [7, 11) is 0. The number of carbonyl (C=O) groups excluding carboxylic acids is 1. The molecule has 0 spiro atoms. The zero-order valence-electron chi connectivity index (χ0n) is 8.48. The molecule has 1 amide bonds. The first-order valence-corrected chi connectivity index (χ1v) is 5.05. The first kappa shape index (κ1) is 12.8. The van der Waals surface area contributed by atoms with E-state index in [1.165, 1.54) is 6.07 Å². The zero-order valence-corrected chi connectivity index (χ0v) is 9.24. The first-order valence-electron chi connectivity index (χ1n) is 4.67. The number of nitrogens with two attached hydrogens (primary N) is 1. The number of halogens is 1. The van der Waals surface area contributed by atoms with Crippen molar-refractivity contribution in [1.29, 1.82) is 0 Å². The van der Waals surface area contributed by atoms with E-state index in [0.29, 0.717) is 5.69 Å². The molecule has 16 heavy (non-hydrogen) atoms. The van der Waals surface area contributed by atoms with Crippen molar-refractivity contribution in [2.45, 2.75) is 6.10 Å². The van der Waals surface area contributed by atoms with Gasteiger partial charge in [0.05, 0.1) is 29.0 Å². The van der Waals surface area contributed by atoms with Gasteiger partial charge in [-0.05, 0) is 12.1 Å². The van der Waals surface area contributed by atoms with E-state index in [2.05, 4.69) is 5.32 Å². The predicted molar refractivity (Wildman–Crippen MR) is 61.3 cm³/mol. The van der Waals surface area contributed by atoms with E-state index in [4.69, 9.17) is 27.5 Å². The van der Waals surface area contributed by atoms with Gasteiger partial charge in [0, 0.05) is 6.54 Å². The van der Waals surface area contributed by atoms with Crippen LogP contribution in [0, 0.1) is 0 Å². The summed E-state index contributed by atoms with van der Waals surface area (Å²) >= 11 is 5.84. The van der Waals surface area contributed by atoms with Crippen molar-refractivity contribution >= 4 is 23.2 Å². The van der Waals surface area contributed by atoms with Crippen LogP contribution in [0.3, 0.4) is 0 Å². The third-order valence-corrected chi connectivity index (χ3v) is 2.40. The summed E-state index contributed by atoms with van der Waals surface area (Å²) in [5, 5.41) is 20.2. The number of nitrogen functional groups attached to an aromatic ring is 1. The van der Waals surface area contributed by atoms with Gasteiger partial charge < -0.3 is 21.3 Å². The third-order valence-electron chi connectivity index (χ3n) is 1.98. The molecule has 5 N–H and O–H groups in total. The highest BCUT2D eigenvalue weighted by molar-refractivity contribution is 6.36. The molecule has 1 aromatic carbocycles. The van der Waals surface area contributed by atoms with Crippen LogP contribution in [-0.2, 0) is 0 Å². The molecule has 0 aliphatic rings. The van der Waals surface area contributed by atoms with E-state index in [1.807, 2.05) is 0 Å². The Kier molecular flexibility index (Phi) is 4.54. The quantitative estimate of drug-likeness (QED) is 0.561. The molecule has 0 aliphatic carbocycles. The molecule has 1 unspecified atom stereocenters. The number of rotatable bonds is 4. The van der Waals surface area contributed by atoms with Crippen LogP contribution in [0.1, 0.15) is 10.4 Å². The van der Waals surface area contributed by atoms with Crippen molar-refractivity contribution in [2.24, 2.45) is 0 Å². The minimum Gasteiger partial charge on any atom is -0.398 e. The van der Waals surface area contributed by atoms with Crippen LogP contribution in [0.15, 0.2) is 18.2 Å². The highest BCUT2D eigenvalue weighted by Gasteiger charge is 2.12. The van der Waals surface area contributed by atoms with E-state index in [0.717, 1.165) is 0 Å². The molecular weight excluding hydrogens is 232 g/mol. The van der Waals surface area contributed by atoms with Crippen LogP contribution in [0.5, 0.6) is 0 Å². The number of carbonyl (C=O) groups is 1. The molecule has 6 heteroatoms. The SMILES string of the molecule is Nc1cccc(C(=O)NCC(O)CO)c1Cl. The highest BCUT2D eigenvalue weighted by Crippen LogP contribution is 2.22. The van der Waals surface area contributed by atoms with E-state index < -0.39 is 18.6 Å². The van der Waals surface area contributed by atoms with E-state index in [1.54, 1.807) is 12.1 Å². The van der Waals surface area contributed by atoms with Crippen molar-refractivity contribution < 1.29 is 15.0 Å². The number of benzene rings is 1. The zero-order chi connectivity index (χ0) is 12.1. The molecule has 0 fully saturated rings. The number of nitrogens with one attached hydrogen (secondary N) is 1.